The Labute approximate surface area is 122 Å². The van der Waals surface area contributed by atoms with Gasteiger partial charge >= 0.3 is 0 Å². The first-order chi connectivity index (χ1) is 9.23. The molecule has 0 radical (unpaired) electrons. The van der Waals surface area contributed by atoms with Gasteiger partial charge in [0.05, 0.1) is 5.56 Å². The summed E-state index contributed by atoms with van der Waals surface area (Å²) in [6, 6.07) is 1.55. The zero-order chi connectivity index (χ0) is 15.0. The highest BCUT2D eigenvalue weighted by molar-refractivity contribution is 7.91. The molecule has 20 heavy (non-hydrogen) atoms. The molecule has 0 atom stereocenters. The number of rotatable bonds is 5. The van der Waals surface area contributed by atoms with Crippen LogP contribution in [0.4, 0.5) is 0 Å². The summed E-state index contributed by atoms with van der Waals surface area (Å²) in [6.07, 6.45) is 0.702. The standard InChI is InChI=1S/C12H17N3O3S2/c1-5-12(3,4)15-20(16,17)10-6-9(7-19-10)11-14-13-8(2)18-11/h6-7,15H,5H2,1-4H3. The number of hydrogen-bond donors (Lipinski definition) is 1. The van der Waals surface area contributed by atoms with Crippen LogP contribution in [-0.2, 0) is 10.0 Å². The lowest BCUT2D eigenvalue weighted by atomic mass is 10.0. The second kappa shape index (κ2) is 5.27. The third-order valence-corrected chi connectivity index (χ3v) is 6.05. The van der Waals surface area contributed by atoms with Gasteiger partial charge in [0.15, 0.2) is 0 Å². The van der Waals surface area contributed by atoms with E-state index in [2.05, 4.69) is 14.9 Å². The summed E-state index contributed by atoms with van der Waals surface area (Å²) >= 11 is 1.13. The summed E-state index contributed by atoms with van der Waals surface area (Å²) in [5.74, 6) is 0.774. The SMILES string of the molecule is CCC(C)(C)NS(=O)(=O)c1cc(-c2nnc(C)o2)cs1. The van der Waals surface area contributed by atoms with E-state index in [1.54, 1.807) is 18.4 Å². The summed E-state index contributed by atoms with van der Waals surface area (Å²) in [6.45, 7) is 7.32. The van der Waals surface area contributed by atoms with Crippen molar-refractivity contribution in [1.29, 1.82) is 0 Å². The summed E-state index contributed by atoms with van der Waals surface area (Å²) < 4.78 is 32.8. The van der Waals surface area contributed by atoms with Crippen molar-refractivity contribution in [2.45, 2.75) is 43.9 Å². The largest absolute Gasteiger partial charge is 0.421 e. The maximum atomic E-state index is 12.3. The first-order valence-electron chi connectivity index (χ1n) is 6.16. The molecule has 0 aliphatic heterocycles. The van der Waals surface area contributed by atoms with E-state index in [1.165, 1.54) is 0 Å². The van der Waals surface area contributed by atoms with Gasteiger partial charge in [-0.05, 0) is 26.3 Å². The third-order valence-electron chi connectivity index (χ3n) is 2.91. The van der Waals surface area contributed by atoms with Gasteiger partial charge in [-0.25, -0.2) is 13.1 Å². The Morgan fingerprint density at radius 3 is 2.65 bits per heavy atom. The van der Waals surface area contributed by atoms with E-state index in [0.29, 0.717) is 23.8 Å². The van der Waals surface area contributed by atoms with E-state index in [9.17, 15) is 8.42 Å². The van der Waals surface area contributed by atoms with Gasteiger partial charge in [-0.1, -0.05) is 6.92 Å². The second-order valence-electron chi connectivity index (χ2n) is 5.12. The molecule has 0 fully saturated rings. The van der Waals surface area contributed by atoms with Crippen molar-refractivity contribution in [3.05, 3.63) is 17.3 Å². The van der Waals surface area contributed by atoms with Crippen LogP contribution in [0, 0.1) is 6.92 Å². The van der Waals surface area contributed by atoms with Gasteiger partial charge in [0, 0.05) is 17.8 Å². The first kappa shape index (κ1) is 15.1. The van der Waals surface area contributed by atoms with Crippen LogP contribution >= 0.6 is 11.3 Å². The Kier molecular flexibility index (Phi) is 3.99. The van der Waals surface area contributed by atoms with Crippen LogP contribution < -0.4 is 4.72 Å². The average Bonchev–Trinajstić information content (AvgIpc) is 2.96. The second-order valence-corrected chi connectivity index (χ2v) is 7.94. The van der Waals surface area contributed by atoms with Gasteiger partial charge in [-0.15, -0.1) is 21.5 Å². The number of hydrogen-bond acceptors (Lipinski definition) is 6. The number of thiophene rings is 1. The van der Waals surface area contributed by atoms with Crippen molar-refractivity contribution in [2.24, 2.45) is 0 Å². The smallest absolute Gasteiger partial charge is 0.250 e. The minimum atomic E-state index is -3.53. The quantitative estimate of drug-likeness (QED) is 0.916. The molecular weight excluding hydrogens is 298 g/mol. The first-order valence-corrected chi connectivity index (χ1v) is 8.53. The minimum absolute atomic E-state index is 0.241. The molecule has 6 nitrogen and oxygen atoms in total. The summed E-state index contributed by atoms with van der Waals surface area (Å²) in [5, 5.41) is 9.30. The Hall–Kier alpha value is -1.25. The maximum absolute atomic E-state index is 12.3. The Morgan fingerprint density at radius 2 is 2.10 bits per heavy atom. The predicted molar refractivity (Wildman–Crippen MR) is 77.0 cm³/mol. The lowest BCUT2D eigenvalue weighted by Gasteiger charge is -2.23. The Morgan fingerprint density at radius 1 is 1.40 bits per heavy atom. The van der Waals surface area contributed by atoms with Gasteiger partial charge < -0.3 is 4.42 Å². The molecule has 0 saturated carbocycles. The van der Waals surface area contributed by atoms with Crippen LogP contribution in [0.1, 0.15) is 33.1 Å². The summed E-state index contributed by atoms with van der Waals surface area (Å²) in [7, 11) is -3.53. The maximum Gasteiger partial charge on any atom is 0.250 e. The zero-order valence-electron chi connectivity index (χ0n) is 11.8. The highest BCUT2D eigenvalue weighted by Crippen LogP contribution is 2.28. The molecule has 0 saturated heterocycles. The van der Waals surface area contributed by atoms with E-state index in [4.69, 9.17) is 4.42 Å². The number of sulfonamides is 1. The van der Waals surface area contributed by atoms with E-state index in [-0.39, 0.29) is 4.21 Å². The van der Waals surface area contributed by atoms with Crippen molar-refractivity contribution in [2.75, 3.05) is 0 Å². The number of aromatic nitrogens is 2. The third kappa shape index (κ3) is 3.25. The van der Waals surface area contributed by atoms with Crippen molar-refractivity contribution in [3.63, 3.8) is 0 Å². The van der Waals surface area contributed by atoms with Gasteiger partial charge in [-0.3, -0.25) is 0 Å². The molecule has 1 N–H and O–H groups in total. The molecular formula is C12H17N3O3S2. The molecule has 0 amide bonds. The van der Waals surface area contributed by atoms with E-state index >= 15 is 0 Å². The van der Waals surface area contributed by atoms with Crippen LogP contribution in [0.15, 0.2) is 20.1 Å². The van der Waals surface area contributed by atoms with Crippen LogP contribution in [0.2, 0.25) is 0 Å². The minimum Gasteiger partial charge on any atom is -0.421 e. The van der Waals surface area contributed by atoms with Crippen LogP contribution in [0.3, 0.4) is 0 Å². The Bertz CT molecular complexity index is 701. The monoisotopic (exact) mass is 315 g/mol. The normalized spacial score (nSPS) is 12.8. The lowest BCUT2D eigenvalue weighted by Crippen LogP contribution is -2.42. The molecule has 2 aromatic heterocycles. The fourth-order valence-electron chi connectivity index (χ4n) is 1.47. The zero-order valence-corrected chi connectivity index (χ0v) is 13.4. The highest BCUT2D eigenvalue weighted by Gasteiger charge is 2.26. The fourth-order valence-corrected chi connectivity index (χ4v) is 4.11. The number of aryl methyl sites for hydroxylation is 1. The molecule has 0 aliphatic rings. The van der Waals surface area contributed by atoms with Crippen LogP contribution in [0.5, 0.6) is 0 Å². The molecule has 2 rings (SSSR count). The lowest BCUT2D eigenvalue weighted by molar-refractivity contribution is 0.440. The van der Waals surface area contributed by atoms with E-state index in [0.717, 1.165) is 11.3 Å². The fraction of sp³-hybridized carbons (Fsp3) is 0.500. The highest BCUT2D eigenvalue weighted by atomic mass is 32.2. The number of nitrogens with one attached hydrogen (secondary N) is 1. The van der Waals surface area contributed by atoms with Crippen molar-refractivity contribution in [3.8, 4) is 11.5 Å². The average molecular weight is 315 g/mol. The van der Waals surface area contributed by atoms with Crippen LogP contribution in [0.25, 0.3) is 11.5 Å². The van der Waals surface area contributed by atoms with Gasteiger partial charge in [0.1, 0.15) is 4.21 Å². The van der Waals surface area contributed by atoms with E-state index < -0.39 is 15.6 Å². The van der Waals surface area contributed by atoms with Crippen molar-refractivity contribution in [1.82, 2.24) is 14.9 Å². The van der Waals surface area contributed by atoms with Crippen molar-refractivity contribution < 1.29 is 12.8 Å². The molecule has 0 aliphatic carbocycles. The molecule has 8 heteroatoms. The van der Waals surface area contributed by atoms with Gasteiger partial charge in [-0.2, -0.15) is 0 Å². The van der Waals surface area contributed by atoms with E-state index in [1.807, 2.05) is 20.8 Å². The number of nitrogens with zero attached hydrogens (tertiary/aromatic N) is 2. The molecule has 2 aromatic rings. The van der Waals surface area contributed by atoms with Gasteiger partial charge in [0.2, 0.25) is 11.8 Å². The molecule has 0 spiro atoms. The molecule has 0 unspecified atom stereocenters. The molecule has 0 bridgehead atoms. The predicted octanol–water partition coefficient (Wildman–Crippen LogP) is 2.57. The Balaban J connectivity index is 2.28. The van der Waals surface area contributed by atoms with Crippen LogP contribution in [-0.4, -0.2) is 24.2 Å². The topological polar surface area (TPSA) is 85.1 Å². The molecule has 2 heterocycles. The molecule has 0 aromatic carbocycles. The summed E-state index contributed by atoms with van der Waals surface area (Å²) in [4.78, 5) is 0. The van der Waals surface area contributed by atoms with Crippen molar-refractivity contribution >= 4 is 21.4 Å². The summed E-state index contributed by atoms with van der Waals surface area (Å²) in [5.41, 5.74) is 0.134. The molecule has 110 valence electrons. The van der Waals surface area contributed by atoms with Gasteiger partial charge in [0.25, 0.3) is 10.0 Å².